The molecular weight excluding hydrogens is 244 g/mol. The van der Waals surface area contributed by atoms with E-state index in [9.17, 15) is 10.1 Å². The smallest absolute Gasteiger partial charge is 0.274 e. The van der Waals surface area contributed by atoms with Gasteiger partial charge in [-0.15, -0.1) is 0 Å². The fourth-order valence-electron chi connectivity index (χ4n) is 2.49. The van der Waals surface area contributed by atoms with E-state index in [4.69, 9.17) is 4.74 Å². The van der Waals surface area contributed by atoms with Crippen molar-refractivity contribution in [2.75, 3.05) is 11.9 Å². The summed E-state index contributed by atoms with van der Waals surface area (Å²) in [6.07, 6.45) is 2.79. The highest BCUT2D eigenvalue weighted by Crippen LogP contribution is 2.26. The highest BCUT2D eigenvalue weighted by atomic mass is 16.6. The van der Waals surface area contributed by atoms with Crippen molar-refractivity contribution >= 4 is 11.4 Å². The molecule has 2 atom stereocenters. The summed E-state index contributed by atoms with van der Waals surface area (Å²) in [6.45, 7) is 4.72. The number of hydrogen-bond donors (Lipinski definition) is 1. The molecule has 1 fully saturated rings. The molecule has 0 bridgehead atoms. The Kier molecular flexibility index (Phi) is 4.37. The van der Waals surface area contributed by atoms with Gasteiger partial charge in [-0.05, 0) is 32.3 Å². The minimum Gasteiger partial charge on any atom is -0.382 e. The molecule has 5 heteroatoms. The molecular formula is C14H20N2O3. The van der Waals surface area contributed by atoms with Crippen molar-refractivity contribution in [1.82, 2.24) is 0 Å². The van der Waals surface area contributed by atoms with E-state index in [2.05, 4.69) is 12.2 Å². The van der Waals surface area contributed by atoms with Crippen LogP contribution in [0.3, 0.4) is 0 Å². The van der Waals surface area contributed by atoms with E-state index in [1.807, 2.05) is 19.1 Å². The number of anilines is 1. The standard InChI is InChI=1S/C14H20N2O3/c1-3-11-4-5-12(9-14(11)16(17)18)15-13-6-7-19-10(2)8-13/h4-5,9-10,13,15H,3,6-8H2,1-2H3. The number of benzene rings is 1. The molecule has 1 aromatic carbocycles. The molecule has 0 aromatic heterocycles. The number of aryl methyl sites for hydroxylation is 1. The number of nitrogens with one attached hydrogen (secondary N) is 1. The van der Waals surface area contributed by atoms with Gasteiger partial charge in [-0.25, -0.2) is 0 Å². The van der Waals surface area contributed by atoms with Crippen molar-refractivity contribution < 1.29 is 9.66 Å². The van der Waals surface area contributed by atoms with Gasteiger partial charge in [0.05, 0.1) is 11.0 Å². The zero-order chi connectivity index (χ0) is 13.8. The maximum Gasteiger partial charge on any atom is 0.274 e. The summed E-state index contributed by atoms with van der Waals surface area (Å²) in [4.78, 5) is 10.7. The van der Waals surface area contributed by atoms with Crippen LogP contribution < -0.4 is 5.32 Å². The lowest BCUT2D eigenvalue weighted by Gasteiger charge is -2.28. The van der Waals surface area contributed by atoms with Crippen LogP contribution in [0.4, 0.5) is 11.4 Å². The van der Waals surface area contributed by atoms with Gasteiger partial charge in [0.25, 0.3) is 5.69 Å². The van der Waals surface area contributed by atoms with Crippen LogP contribution in [-0.4, -0.2) is 23.7 Å². The van der Waals surface area contributed by atoms with E-state index >= 15 is 0 Å². The summed E-state index contributed by atoms with van der Waals surface area (Å²) in [5, 5.41) is 14.4. The summed E-state index contributed by atoms with van der Waals surface area (Å²) in [5.74, 6) is 0. The molecule has 1 aliphatic rings. The van der Waals surface area contributed by atoms with Crippen LogP contribution in [0, 0.1) is 10.1 Å². The van der Waals surface area contributed by atoms with Crippen LogP contribution in [0.2, 0.25) is 0 Å². The lowest BCUT2D eigenvalue weighted by Crippen LogP contribution is -2.32. The number of nitrogens with zero attached hydrogens (tertiary/aromatic N) is 1. The van der Waals surface area contributed by atoms with Crippen LogP contribution in [0.25, 0.3) is 0 Å². The van der Waals surface area contributed by atoms with Crippen LogP contribution >= 0.6 is 0 Å². The quantitative estimate of drug-likeness (QED) is 0.670. The van der Waals surface area contributed by atoms with E-state index in [0.29, 0.717) is 12.5 Å². The van der Waals surface area contributed by atoms with E-state index < -0.39 is 0 Å². The predicted molar refractivity (Wildman–Crippen MR) is 74.5 cm³/mol. The van der Waals surface area contributed by atoms with Gasteiger partial charge < -0.3 is 10.1 Å². The molecule has 19 heavy (non-hydrogen) atoms. The lowest BCUT2D eigenvalue weighted by molar-refractivity contribution is -0.385. The number of nitro benzene ring substituents is 1. The minimum atomic E-state index is -0.309. The maximum absolute atomic E-state index is 11.0. The van der Waals surface area contributed by atoms with E-state index in [-0.39, 0.29) is 16.7 Å². The number of nitro groups is 1. The first-order valence-electron chi connectivity index (χ1n) is 6.75. The second-order valence-electron chi connectivity index (χ2n) is 5.00. The molecule has 0 aliphatic carbocycles. The van der Waals surface area contributed by atoms with Gasteiger partial charge in [-0.2, -0.15) is 0 Å². The maximum atomic E-state index is 11.0. The van der Waals surface area contributed by atoms with Crippen LogP contribution in [0.15, 0.2) is 18.2 Å². The average molecular weight is 264 g/mol. The number of hydrogen-bond acceptors (Lipinski definition) is 4. The Bertz CT molecular complexity index is 462. The molecule has 2 unspecified atom stereocenters. The molecule has 0 spiro atoms. The molecule has 1 N–H and O–H groups in total. The average Bonchev–Trinajstić information content (AvgIpc) is 2.38. The molecule has 2 rings (SSSR count). The fourth-order valence-corrected chi connectivity index (χ4v) is 2.49. The topological polar surface area (TPSA) is 64.4 Å². The van der Waals surface area contributed by atoms with Gasteiger partial charge in [-0.1, -0.05) is 13.0 Å². The zero-order valence-electron chi connectivity index (χ0n) is 11.4. The van der Waals surface area contributed by atoms with Gasteiger partial charge in [0.1, 0.15) is 0 Å². The first-order valence-corrected chi connectivity index (χ1v) is 6.75. The lowest BCUT2D eigenvalue weighted by atomic mass is 10.0. The third-order valence-corrected chi connectivity index (χ3v) is 3.52. The third kappa shape index (κ3) is 3.44. The van der Waals surface area contributed by atoms with Gasteiger partial charge >= 0.3 is 0 Å². The van der Waals surface area contributed by atoms with Crippen LogP contribution in [-0.2, 0) is 11.2 Å². The van der Waals surface area contributed by atoms with Crippen LogP contribution in [0.5, 0.6) is 0 Å². The Balaban J connectivity index is 2.12. The van der Waals surface area contributed by atoms with Gasteiger partial charge in [-0.3, -0.25) is 10.1 Å². The first kappa shape index (κ1) is 13.8. The SMILES string of the molecule is CCc1ccc(NC2CCOC(C)C2)cc1[N+](=O)[O-]. The van der Waals surface area contributed by atoms with Crippen molar-refractivity contribution in [3.63, 3.8) is 0 Å². The Morgan fingerprint density at radius 3 is 2.95 bits per heavy atom. The predicted octanol–water partition coefficient (Wildman–Crippen LogP) is 3.14. The number of ether oxygens (including phenoxy) is 1. The minimum absolute atomic E-state index is 0.201. The van der Waals surface area contributed by atoms with Gasteiger partial charge in [0.15, 0.2) is 0 Å². The molecule has 0 radical (unpaired) electrons. The molecule has 0 saturated carbocycles. The van der Waals surface area contributed by atoms with E-state index in [0.717, 1.165) is 30.7 Å². The second-order valence-corrected chi connectivity index (χ2v) is 5.00. The van der Waals surface area contributed by atoms with E-state index in [1.54, 1.807) is 6.07 Å². The highest BCUT2D eigenvalue weighted by Gasteiger charge is 2.20. The van der Waals surface area contributed by atoms with Crippen molar-refractivity contribution in [3.05, 3.63) is 33.9 Å². The number of rotatable bonds is 4. The second kappa shape index (κ2) is 6.02. The Hall–Kier alpha value is -1.62. The monoisotopic (exact) mass is 264 g/mol. The fraction of sp³-hybridized carbons (Fsp3) is 0.571. The van der Waals surface area contributed by atoms with Gasteiger partial charge in [0, 0.05) is 30.0 Å². The normalized spacial score (nSPS) is 23.1. The zero-order valence-corrected chi connectivity index (χ0v) is 11.4. The summed E-state index contributed by atoms with van der Waals surface area (Å²) >= 11 is 0. The summed E-state index contributed by atoms with van der Waals surface area (Å²) in [7, 11) is 0. The Labute approximate surface area is 113 Å². The van der Waals surface area contributed by atoms with Crippen molar-refractivity contribution in [2.24, 2.45) is 0 Å². The summed E-state index contributed by atoms with van der Waals surface area (Å²) < 4.78 is 5.50. The molecule has 104 valence electrons. The molecule has 5 nitrogen and oxygen atoms in total. The van der Waals surface area contributed by atoms with Crippen LogP contribution in [0.1, 0.15) is 32.3 Å². The molecule has 1 aromatic rings. The molecule has 0 amide bonds. The van der Waals surface area contributed by atoms with Crippen molar-refractivity contribution in [1.29, 1.82) is 0 Å². The third-order valence-electron chi connectivity index (χ3n) is 3.52. The molecule has 1 heterocycles. The van der Waals surface area contributed by atoms with Crippen molar-refractivity contribution in [3.8, 4) is 0 Å². The first-order chi connectivity index (χ1) is 9.10. The molecule has 1 aliphatic heterocycles. The summed E-state index contributed by atoms with van der Waals surface area (Å²) in [5.41, 5.74) is 1.80. The molecule has 1 saturated heterocycles. The van der Waals surface area contributed by atoms with Crippen molar-refractivity contribution in [2.45, 2.75) is 45.3 Å². The largest absolute Gasteiger partial charge is 0.382 e. The van der Waals surface area contributed by atoms with Gasteiger partial charge in [0.2, 0.25) is 0 Å². The summed E-state index contributed by atoms with van der Waals surface area (Å²) in [6, 6.07) is 5.73. The highest BCUT2D eigenvalue weighted by molar-refractivity contribution is 5.55. The van der Waals surface area contributed by atoms with E-state index in [1.165, 1.54) is 0 Å². The Morgan fingerprint density at radius 1 is 1.53 bits per heavy atom. The Morgan fingerprint density at radius 2 is 2.32 bits per heavy atom.